The molecule has 0 saturated heterocycles. The van der Waals surface area contributed by atoms with E-state index in [1.807, 2.05) is 0 Å². The Morgan fingerprint density at radius 1 is 1.22 bits per heavy atom. The van der Waals surface area contributed by atoms with Crippen molar-refractivity contribution in [2.24, 2.45) is 5.73 Å². The van der Waals surface area contributed by atoms with E-state index in [4.69, 9.17) is 10.3 Å². The molecule has 0 atom stereocenters. The summed E-state index contributed by atoms with van der Waals surface area (Å²) < 4.78 is 28.9. The Morgan fingerprint density at radius 2 is 1.83 bits per heavy atom. The van der Waals surface area contributed by atoms with Crippen LogP contribution in [0.1, 0.15) is 38.4 Å². The smallest absolute Gasteiger partial charge is 0.257 e. The zero-order valence-electron chi connectivity index (χ0n) is 12.9. The van der Waals surface area contributed by atoms with Gasteiger partial charge in [0.05, 0.1) is 16.2 Å². The lowest BCUT2D eigenvalue weighted by molar-refractivity contribution is 0.372. The average molecular weight is 358 g/mol. The van der Waals surface area contributed by atoms with Crippen molar-refractivity contribution < 1.29 is 12.9 Å². The highest BCUT2D eigenvalue weighted by atomic mass is 35.5. The maximum atomic E-state index is 11.8. The number of hydrogen-bond donors (Lipinski definition) is 1. The van der Waals surface area contributed by atoms with Gasteiger partial charge in [-0.3, -0.25) is 0 Å². The van der Waals surface area contributed by atoms with Gasteiger partial charge >= 0.3 is 0 Å². The zero-order valence-corrected chi connectivity index (χ0v) is 14.5. The maximum absolute atomic E-state index is 11.8. The zero-order chi connectivity index (χ0) is 15.8. The lowest BCUT2D eigenvalue weighted by Gasteiger charge is -2.17. The summed E-state index contributed by atoms with van der Waals surface area (Å²) in [6.07, 6.45) is 3.87. The first-order valence-corrected chi connectivity index (χ1v) is 9.06. The summed E-state index contributed by atoms with van der Waals surface area (Å²) in [6, 6.07) is 6.48. The molecule has 1 aliphatic rings. The molecule has 1 aromatic carbocycles. The summed E-state index contributed by atoms with van der Waals surface area (Å²) >= 11 is 0. The number of nitrogens with two attached hydrogens (primary N) is 1. The molecule has 126 valence electrons. The monoisotopic (exact) mass is 357 g/mol. The van der Waals surface area contributed by atoms with E-state index in [1.54, 1.807) is 31.2 Å². The lowest BCUT2D eigenvalue weighted by Crippen LogP contribution is -2.34. The van der Waals surface area contributed by atoms with E-state index < -0.39 is 15.4 Å². The van der Waals surface area contributed by atoms with Crippen LogP contribution in [0.5, 0.6) is 0 Å². The molecule has 0 unspecified atom stereocenters. The fourth-order valence-electron chi connectivity index (χ4n) is 2.74. The maximum Gasteiger partial charge on any atom is 0.257 e. The number of halogens is 1. The van der Waals surface area contributed by atoms with Crippen molar-refractivity contribution in [2.75, 3.05) is 5.75 Å². The van der Waals surface area contributed by atoms with Crippen LogP contribution in [0.3, 0.4) is 0 Å². The Bertz CT molecular complexity index is 766. The van der Waals surface area contributed by atoms with Crippen LogP contribution in [0.4, 0.5) is 0 Å². The predicted molar refractivity (Wildman–Crippen MR) is 89.0 cm³/mol. The van der Waals surface area contributed by atoms with Gasteiger partial charge in [-0.25, -0.2) is 8.42 Å². The molecule has 1 saturated carbocycles. The molecule has 6 nitrogen and oxygen atoms in total. The van der Waals surface area contributed by atoms with Crippen molar-refractivity contribution in [3.63, 3.8) is 0 Å². The molecule has 1 aromatic heterocycles. The van der Waals surface area contributed by atoms with Crippen molar-refractivity contribution in [1.29, 1.82) is 0 Å². The van der Waals surface area contributed by atoms with Crippen molar-refractivity contribution in [2.45, 2.75) is 43.0 Å². The van der Waals surface area contributed by atoms with E-state index >= 15 is 0 Å². The summed E-state index contributed by atoms with van der Waals surface area (Å²) in [5.41, 5.74) is 6.50. The molecule has 2 aromatic rings. The summed E-state index contributed by atoms with van der Waals surface area (Å²) in [7, 11) is -3.20. The van der Waals surface area contributed by atoms with Gasteiger partial charge in [-0.05, 0) is 37.1 Å². The van der Waals surface area contributed by atoms with E-state index in [0.717, 1.165) is 25.7 Å². The quantitative estimate of drug-likeness (QED) is 0.903. The predicted octanol–water partition coefficient (Wildman–Crippen LogP) is 2.68. The minimum Gasteiger partial charge on any atom is -0.334 e. The van der Waals surface area contributed by atoms with Crippen LogP contribution in [0, 0.1) is 0 Å². The molecule has 0 radical (unpaired) electrons. The molecule has 2 N–H and O–H groups in total. The van der Waals surface area contributed by atoms with Crippen molar-refractivity contribution in [3.05, 3.63) is 30.1 Å². The fourth-order valence-corrected chi connectivity index (χ4v) is 3.63. The molecule has 1 fully saturated rings. The van der Waals surface area contributed by atoms with E-state index in [1.165, 1.54) is 0 Å². The number of benzene rings is 1. The highest BCUT2D eigenvalue weighted by Gasteiger charge is 2.36. The molecule has 0 bridgehead atoms. The van der Waals surface area contributed by atoms with Gasteiger partial charge in [-0.15, -0.1) is 12.4 Å². The van der Waals surface area contributed by atoms with Gasteiger partial charge < -0.3 is 10.3 Å². The van der Waals surface area contributed by atoms with E-state index in [2.05, 4.69) is 10.1 Å². The van der Waals surface area contributed by atoms with Crippen LogP contribution < -0.4 is 5.73 Å². The SMILES string of the molecule is CCS(=O)(=O)c1ccc(-c2nc(C3(N)CCCC3)no2)cc1.Cl. The van der Waals surface area contributed by atoms with E-state index in [-0.39, 0.29) is 18.2 Å². The number of nitrogens with zero attached hydrogens (tertiary/aromatic N) is 2. The van der Waals surface area contributed by atoms with Crippen LogP contribution in [0.2, 0.25) is 0 Å². The number of rotatable bonds is 4. The van der Waals surface area contributed by atoms with Crippen molar-refractivity contribution in [1.82, 2.24) is 10.1 Å². The first kappa shape index (κ1) is 17.9. The highest BCUT2D eigenvalue weighted by molar-refractivity contribution is 7.91. The molecule has 0 amide bonds. The number of hydrogen-bond acceptors (Lipinski definition) is 6. The topological polar surface area (TPSA) is 99.1 Å². The number of sulfone groups is 1. The second-order valence-corrected chi connectivity index (χ2v) is 7.99. The van der Waals surface area contributed by atoms with Gasteiger partial charge in [0.25, 0.3) is 5.89 Å². The van der Waals surface area contributed by atoms with Crippen LogP contribution in [-0.2, 0) is 15.4 Å². The van der Waals surface area contributed by atoms with Crippen LogP contribution in [-0.4, -0.2) is 24.3 Å². The Hall–Kier alpha value is -1.44. The third-order valence-corrected chi connectivity index (χ3v) is 5.96. The van der Waals surface area contributed by atoms with Crippen molar-refractivity contribution in [3.8, 4) is 11.5 Å². The average Bonchev–Trinajstić information content (AvgIpc) is 3.17. The van der Waals surface area contributed by atoms with E-state index in [0.29, 0.717) is 22.2 Å². The van der Waals surface area contributed by atoms with Crippen molar-refractivity contribution >= 4 is 22.2 Å². The fraction of sp³-hybridized carbons (Fsp3) is 0.467. The summed E-state index contributed by atoms with van der Waals surface area (Å²) in [5, 5.41) is 4.00. The number of aromatic nitrogens is 2. The second-order valence-electron chi connectivity index (χ2n) is 5.71. The molecule has 23 heavy (non-hydrogen) atoms. The molecule has 0 aliphatic heterocycles. The minimum atomic E-state index is -3.20. The largest absolute Gasteiger partial charge is 0.334 e. The Labute approximate surface area is 141 Å². The second kappa shape index (κ2) is 6.59. The first-order valence-electron chi connectivity index (χ1n) is 7.41. The molecule has 0 spiro atoms. The Morgan fingerprint density at radius 3 is 2.39 bits per heavy atom. The highest BCUT2D eigenvalue weighted by Crippen LogP contribution is 2.35. The standard InChI is InChI=1S/C15H19N3O3S.ClH/c1-2-22(19,20)12-7-5-11(6-8-12)13-17-14(18-21-13)15(16)9-3-4-10-15;/h5-8H,2-4,9-10,16H2,1H3;1H. The van der Waals surface area contributed by atoms with Gasteiger partial charge in [-0.2, -0.15) is 4.98 Å². The van der Waals surface area contributed by atoms with Gasteiger partial charge in [0.1, 0.15) is 0 Å². The normalized spacial score (nSPS) is 17.0. The molecular weight excluding hydrogens is 338 g/mol. The molecular formula is C15H20ClN3O3S. The third kappa shape index (κ3) is 3.41. The Balaban J connectivity index is 0.00000192. The summed E-state index contributed by atoms with van der Waals surface area (Å²) in [5.74, 6) is 0.977. The molecule has 1 aliphatic carbocycles. The van der Waals surface area contributed by atoms with Gasteiger partial charge in [0.2, 0.25) is 0 Å². The van der Waals surface area contributed by atoms with Gasteiger partial charge in [0, 0.05) is 5.56 Å². The van der Waals surface area contributed by atoms with Crippen LogP contribution in [0.25, 0.3) is 11.5 Å². The summed E-state index contributed by atoms with van der Waals surface area (Å²) in [4.78, 5) is 4.69. The molecule has 3 rings (SSSR count). The third-order valence-electron chi connectivity index (χ3n) is 4.21. The van der Waals surface area contributed by atoms with Crippen LogP contribution in [0.15, 0.2) is 33.7 Å². The minimum absolute atomic E-state index is 0. The lowest BCUT2D eigenvalue weighted by atomic mass is 9.99. The Kier molecular flexibility index (Phi) is 5.13. The van der Waals surface area contributed by atoms with Gasteiger partial charge in [0.15, 0.2) is 15.7 Å². The van der Waals surface area contributed by atoms with E-state index in [9.17, 15) is 8.42 Å². The molecule has 8 heteroatoms. The summed E-state index contributed by atoms with van der Waals surface area (Å²) in [6.45, 7) is 1.62. The van der Waals surface area contributed by atoms with Gasteiger partial charge in [-0.1, -0.05) is 24.9 Å². The molecule has 1 heterocycles. The first-order chi connectivity index (χ1) is 10.4. The van der Waals surface area contributed by atoms with Crippen LogP contribution >= 0.6 is 12.4 Å².